The number of hydrogen-bond acceptors (Lipinski definition) is 4. The molecule has 1 fully saturated rings. The summed E-state index contributed by atoms with van der Waals surface area (Å²) in [5.74, 6) is -0.769. The Morgan fingerprint density at radius 3 is 2.73 bits per heavy atom. The molecule has 22 heavy (non-hydrogen) atoms. The van der Waals surface area contributed by atoms with E-state index in [2.05, 4.69) is 26.0 Å². The van der Waals surface area contributed by atoms with Crippen LogP contribution < -0.4 is 0 Å². The zero-order valence-electron chi connectivity index (χ0n) is 13.8. The van der Waals surface area contributed by atoms with E-state index in [9.17, 15) is 4.79 Å². The van der Waals surface area contributed by atoms with Crippen molar-refractivity contribution in [1.29, 1.82) is 0 Å². The zero-order chi connectivity index (χ0) is 16.1. The Bertz CT molecular complexity index is 475. The first-order valence-electron chi connectivity index (χ1n) is 7.97. The summed E-state index contributed by atoms with van der Waals surface area (Å²) >= 11 is 0. The number of allylic oxidation sites excluding steroid dienone is 3. The van der Waals surface area contributed by atoms with Crippen molar-refractivity contribution in [2.24, 2.45) is 5.41 Å². The fourth-order valence-corrected chi connectivity index (χ4v) is 2.31. The SMILES string of the molecule is CCOC(=O)/C=C/C=C/CCCC1=CC12OCC(C)(C)CO2. The van der Waals surface area contributed by atoms with Gasteiger partial charge in [0.25, 0.3) is 0 Å². The molecular formula is C18H26O4. The van der Waals surface area contributed by atoms with Gasteiger partial charge >= 0.3 is 5.97 Å². The molecule has 1 spiro atoms. The molecule has 0 aromatic heterocycles. The van der Waals surface area contributed by atoms with Gasteiger partial charge in [0.2, 0.25) is 5.79 Å². The van der Waals surface area contributed by atoms with Gasteiger partial charge in [-0.05, 0) is 37.8 Å². The van der Waals surface area contributed by atoms with Crippen LogP contribution in [0.2, 0.25) is 0 Å². The topological polar surface area (TPSA) is 44.8 Å². The average Bonchev–Trinajstić information content (AvgIpc) is 3.15. The number of ether oxygens (including phenoxy) is 3. The highest BCUT2D eigenvalue weighted by molar-refractivity contribution is 5.82. The molecule has 4 heteroatoms. The molecule has 0 radical (unpaired) electrons. The summed E-state index contributed by atoms with van der Waals surface area (Å²) in [6, 6.07) is 0. The molecule has 1 aliphatic heterocycles. The normalized spacial score (nSPS) is 22.2. The Kier molecular flexibility index (Phi) is 5.59. The molecular weight excluding hydrogens is 280 g/mol. The summed E-state index contributed by atoms with van der Waals surface area (Å²) in [6.45, 7) is 7.98. The lowest BCUT2D eigenvalue weighted by atomic mass is 9.95. The highest BCUT2D eigenvalue weighted by Gasteiger charge is 2.50. The molecule has 0 aromatic carbocycles. The molecule has 0 amide bonds. The van der Waals surface area contributed by atoms with Gasteiger partial charge in [0.1, 0.15) is 0 Å². The van der Waals surface area contributed by atoms with E-state index in [0.29, 0.717) is 6.61 Å². The summed E-state index contributed by atoms with van der Waals surface area (Å²) < 4.78 is 16.5. The second-order valence-corrected chi connectivity index (χ2v) is 6.51. The first-order valence-corrected chi connectivity index (χ1v) is 7.97. The number of rotatable bonds is 7. The van der Waals surface area contributed by atoms with Gasteiger partial charge < -0.3 is 14.2 Å². The minimum atomic E-state index is -0.469. The minimum Gasteiger partial charge on any atom is -0.463 e. The fourth-order valence-electron chi connectivity index (χ4n) is 2.31. The van der Waals surface area contributed by atoms with Gasteiger partial charge in [-0.3, -0.25) is 0 Å². The van der Waals surface area contributed by atoms with Crippen LogP contribution in [0.25, 0.3) is 0 Å². The third-order valence-electron chi connectivity index (χ3n) is 3.67. The van der Waals surface area contributed by atoms with Gasteiger partial charge in [0.15, 0.2) is 0 Å². The quantitative estimate of drug-likeness (QED) is 0.237. The van der Waals surface area contributed by atoms with Crippen molar-refractivity contribution in [1.82, 2.24) is 0 Å². The van der Waals surface area contributed by atoms with Crippen molar-refractivity contribution in [2.75, 3.05) is 19.8 Å². The molecule has 0 saturated carbocycles. The standard InChI is InChI=1S/C18H26O4/c1-4-20-16(19)11-9-7-5-6-8-10-15-12-18(15)21-13-17(2,3)14-22-18/h5,7,9,11-12H,4,6,8,10,13-14H2,1-3H3/b7-5+,11-9+. The summed E-state index contributed by atoms with van der Waals surface area (Å²) in [5.41, 5.74) is 1.37. The van der Waals surface area contributed by atoms with Crippen molar-refractivity contribution in [2.45, 2.75) is 45.8 Å². The molecule has 0 bridgehead atoms. The lowest BCUT2D eigenvalue weighted by molar-refractivity contribution is -0.230. The van der Waals surface area contributed by atoms with Crippen molar-refractivity contribution in [3.63, 3.8) is 0 Å². The number of unbranched alkanes of at least 4 members (excludes halogenated alkanes) is 1. The maximum atomic E-state index is 11.1. The van der Waals surface area contributed by atoms with Crippen LogP contribution in [0.5, 0.6) is 0 Å². The van der Waals surface area contributed by atoms with E-state index in [1.807, 2.05) is 6.08 Å². The minimum absolute atomic E-state index is 0.112. The van der Waals surface area contributed by atoms with E-state index in [4.69, 9.17) is 14.2 Å². The summed E-state index contributed by atoms with van der Waals surface area (Å²) in [7, 11) is 0. The second kappa shape index (κ2) is 7.25. The van der Waals surface area contributed by atoms with Crippen LogP contribution in [0.1, 0.15) is 40.0 Å². The molecule has 122 valence electrons. The Morgan fingerprint density at radius 2 is 2.05 bits per heavy atom. The van der Waals surface area contributed by atoms with Crippen LogP contribution in [0, 0.1) is 5.41 Å². The van der Waals surface area contributed by atoms with Crippen LogP contribution in [-0.2, 0) is 19.0 Å². The van der Waals surface area contributed by atoms with Gasteiger partial charge in [-0.25, -0.2) is 4.79 Å². The largest absolute Gasteiger partial charge is 0.463 e. The molecule has 0 unspecified atom stereocenters. The molecule has 1 aliphatic carbocycles. The van der Waals surface area contributed by atoms with E-state index in [1.54, 1.807) is 13.0 Å². The van der Waals surface area contributed by atoms with Gasteiger partial charge in [-0.1, -0.05) is 32.1 Å². The predicted molar refractivity (Wildman–Crippen MR) is 85.3 cm³/mol. The zero-order valence-corrected chi connectivity index (χ0v) is 13.8. The lowest BCUT2D eigenvalue weighted by Crippen LogP contribution is -2.40. The van der Waals surface area contributed by atoms with Gasteiger partial charge in [0.05, 0.1) is 19.8 Å². The van der Waals surface area contributed by atoms with Crippen molar-refractivity contribution in [3.8, 4) is 0 Å². The van der Waals surface area contributed by atoms with E-state index >= 15 is 0 Å². The van der Waals surface area contributed by atoms with Gasteiger partial charge in [-0.15, -0.1) is 0 Å². The van der Waals surface area contributed by atoms with E-state index < -0.39 is 5.79 Å². The smallest absolute Gasteiger partial charge is 0.330 e. The number of esters is 1. The third kappa shape index (κ3) is 4.82. The summed E-state index contributed by atoms with van der Waals surface area (Å²) in [5, 5.41) is 0. The van der Waals surface area contributed by atoms with Crippen LogP contribution >= 0.6 is 0 Å². The van der Waals surface area contributed by atoms with Crippen LogP contribution in [0.4, 0.5) is 0 Å². The van der Waals surface area contributed by atoms with Crippen LogP contribution in [0.3, 0.4) is 0 Å². The van der Waals surface area contributed by atoms with Crippen molar-refractivity contribution < 1.29 is 19.0 Å². The summed E-state index contributed by atoms with van der Waals surface area (Å²) in [6.07, 6.45) is 12.2. The number of hydrogen-bond donors (Lipinski definition) is 0. The second-order valence-electron chi connectivity index (χ2n) is 6.51. The molecule has 2 aliphatic rings. The molecule has 0 N–H and O–H groups in total. The fraction of sp³-hybridized carbons (Fsp3) is 0.611. The highest BCUT2D eigenvalue weighted by atomic mass is 16.7. The predicted octanol–water partition coefficient (Wildman–Crippen LogP) is 3.54. The lowest BCUT2D eigenvalue weighted by Gasteiger charge is -2.36. The Balaban J connectivity index is 1.57. The Hall–Kier alpha value is -1.39. The molecule has 0 aromatic rings. The first-order chi connectivity index (χ1) is 10.5. The Labute approximate surface area is 132 Å². The third-order valence-corrected chi connectivity index (χ3v) is 3.67. The summed E-state index contributed by atoms with van der Waals surface area (Å²) in [4.78, 5) is 11.1. The Morgan fingerprint density at radius 1 is 1.32 bits per heavy atom. The maximum Gasteiger partial charge on any atom is 0.330 e. The molecule has 2 rings (SSSR count). The van der Waals surface area contributed by atoms with Gasteiger partial charge in [0, 0.05) is 11.5 Å². The number of carbonyl (C=O) groups excluding carboxylic acids is 1. The molecule has 0 atom stereocenters. The molecule has 1 heterocycles. The average molecular weight is 306 g/mol. The van der Waals surface area contributed by atoms with E-state index in [0.717, 1.165) is 32.5 Å². The van der Waals surface area contributed by atoms with E-state index in [1.165, 1.54) is 11.6 Å². The molecule has 4 nitrogen and oxygen atoms in total. The van der Waals surface area contributed by atoms with Crippen molar-refractivity contribution in [3.05, 3.63) is 36.0 Å². The van der Waals surface area contributed by atoms with Crippen LogP contribution in [-0.4, -0.2) is 31.6 Å². The van der Waals surface area contributed by atoms with E-state index in [-0.39, 0.29) is 11.4 Å². The maximum absolute atomic E-state index is 11.1. The monoisotopic (exact) mass is 306 g/mol. The molecule has 1 saturated heterocycles. The first kappa shape index (κ1) is 17.0. The van der Waals surface area contributed by atoms with Crippen molar-refractivity contribution >= 4 is 5.97 Å². The number of carbonyl (C=O) groups is 1. The van der Waals surface area contributed by atoms with Crippen LogP contribution in [0.15, 0.2) is 36.0 Å². The highest BCUT2D eigenvalue weighted by Crippen LogP contribution is 2.47. The van der Waals surface area contributed by atoms with Gasteiger partial charge in [-0.2, -0.15) is 0 Å².